The predicted octanol–water partition coefficient (Wildman–Crippen LogP) is 3.37. The van der Waals surface area contributed by atoms with E-state index in [0.717, 1.165) is 5.52 Å². The molecule has 27 heavy (non-hydrogen) atoms. The van der Waals surface area contributed by atoms with Gasteiger partial charge in [0.15, 0.2) is 17.7 Å². The molecule has 1 aromatic heterocycles. The minimum atomic E-state index is -0.864. The zero-order chi connectivity index (χ0) is 19.2. The van der Waals surface area contributed by atoms with E-state index in [1.54, 1.807) is 43.3 Å². The Hall–Kier alpha value is -3.79. The smallest absolute Gasteiger partial charge is 0.347 e. The molecular formula is C20H17N3O4. The summed E-state index contributed by atoms with van der Waals surface area (Å²) in [7, 11) is 0. The third-order valence-corrected chi connectivity index (χ3v) is 3.77. The molecule has 0 aliphatic heterocycles. The van der Waals surface area contributed by atoms with E-state index < -0.39 is 24.4 Å². The first-order valence-corrected chi connectivity index (χ1v) is 8.24. The Balaban J connectivity index is 1.67. The fourth-order valence-corrected chi connectivity index (χ4v) is 2.41. The highest BCUT2D eigenvalue weighted by atomic mass is 16.6. The molecule has 0 unspecified atom stereocenters. The van der Waals surface area contributed by atoms with E-state index in [0.29, 0.717) is 11.3 Å². The molecule has 3 rings (SSSR count). The summed E-state index contributed by atoms with van der Waals surface area (Å²) in [4.78, 5) is 19.3. The van der Waals surface area contributed by atoms with Crippen LogP contribution >= 0.6 is 0 Å². The number of hydrogen-bond donors (Lipinski definition) is 2. The Morgan fingerprint density at radius 2 is 1.93 bits per heavy atom. The van der Waals surface area contributed by atoms with Crippen molar-refractivity contribution in [3.05, 3.63) is 66.2 Å². The van der Waals surface area contributed by atoms with Crippen molar-refractivity contribution >= 4 is 22.6 Å². The van der Waals surface area contributed by atoms with Gasteiger partial charge in [-0.15, -0.1) is 0 Å². The molecule has 2 N–H and O–H groups in total. The van der Waals surface area contributed by atoms with Gasteiger partial charge in [0.25, 0.3) is 0 Å². The number of aromatic nitrogens is 2. The second kappa shape index (κ2) is 8.06. The van der Waals surface area contributed by atoms with Gasteiger partial charge in [0.2, 0.25) is 0 Å². The lowest BCUT2D eigenvalue weighted by Crippen LogP contribution is -2.26. The van der Waals surface area contributed by atoms with Gasteiger partial charge in [-0.25, -0.2) is 9.78 Å². The van der Waals surface area contributed by atoms with Crippen LogP contribution in [0.1, 0.15) is 12.7 Å². The van der Waals surface area contributed by atoms with Gasteiger partial charge in [0.05, 0.1) is 11.0 Å². The number of imidazole rings is 1. The summed E-state index contributed by atoms with van der Waals surface area (Å²) in [6.45, 7) is 1.09. The Bertz CT molecular complexity index is 985. The molecule has 0 fully saturated rings. The lowest BCUT2D eigenvalue weighted by molar-refractivity contribution is -0.150. The highest BCUT2D eigenvalue weighted by Gasteiger charge is 2.19. The molecule has 0 saturated heterocycles. The maximum absolute atomic E-state index is 12.1. The molecule has 0 bridgehead atoms. The first-order chi connectivity index (χ1) is 13.1. The number of carbonyl (C=O) groups is 1. The van der Waals surface area contributed by atoms with Crippen LogP contribution in [-0.2, 0) is 9.53 Å². The number of aliphatic hydroxyl groups is 1. The monoisotopic (exact) mass is 363 g/mol. The molecule has 0 radical (unpaired) electrons. The maximum atomic E-state index is 12.1. The summed E-state index contributed by atoms with van der Waals surface area (Å²) in [6.07, 6.45) is -0.864. The molecule has 7 nitrogen and oxygen atoms in total. The van der Waals surface area contributed by atoms with Gasteiger partial charge in [-0.2, -0.15) is 5.26 Å². The fourth-order valence-electron chi connectivity index (χ4n) is 2.41. The maximum Gasteiger partial charge on any atom is 0.347 e. The van der Waals surface area contributed by atoms with E-state index in [1.807, 2.05) is 24.3 Å². The van der Waals surface area contributed by atoms with Gasteiger partial charge in [-0.3, -0.25) is 0 Å². The number of nitriles is 1. The number of nitrogens with zero attached hydrogens (tertiary/aromatic N) is 2. The number of esters is 1. The van der Waals surface area contributed by atoms with Gasteiger partial charge in [-0.1, -0.05) is 30.3 Å². The van der Waals surface area contributed by atoms with Gasteiger partial charge in [-0.05, 0) is 31.2 Å². The number of hydrogen-bond acceptors (Lipinski definition) is 6. The van der Waals surface area contributed by atoms with Crippen LogP contribution in [0.5, 0.6) is 5.75 Å². The van der Waals surface area contributed by atoms with Gasteiger partial charge in [0, 0.05) is 0 Å². The lowest BCUT2D eigenvalue weighted by atomic mass is 10.2. The number of aliphatic hydroxyl groups excluding tert-OH is 1. The van der Waals surface area contributed by atoms with Crippen LogP contribution < -0.4 is 4.74 Å². The van der Waals surface area contributed by atoms with Crippen LogP contribution in [0, 0.1) is 11.3 Å². The van der Waals surface area contributed by atoms with Crippen LogP contribution in [0.2, 0.25) is 0 Å². The van der Waals surface area contributed by atoms with E-state index >= 15 is 0 Å². The molecule has 1 heterocycles. The quantitative estimate of drug-likeness (QED) is 0.395. The van der Waals surface area contributed by atoms with Crippen LogP contribution in [0.25, 0.3) is 16.6 Å². The van der Waals surface area contributed by atoms with Crippen LogP contribution in [-0.4, -0.2) is 33.8 Å². The summed E-state index contributed by atoms with van der Waals surface area (Å²) in [5.41, 5.74) is 1.31. The Kier molecular flexibility index (Phi) is 5.38. The molecule has 1 atom stereocenters. The molecule has 136 valence electrons. The number of para-hydroxylation sites is 3. The first kappa shape index (κ1) is 18.0. The third-order valence-electron chi connectivity index (χ3n) is 3.77. The summed E-state index contributed by atoms with van der Waals surface area (Å²) in [6, 6.07) is 18.0. The van der Waals surface area contributed by atoms with E-state index in [-0.39, 0.29) is 11.4 Å². The minimum absolute atomic E-state index is 0.0874. The molecule has 2 aromatic carbocycles. The summed E-state index contributed by atoms with van der Waals surface area (Å²) < 4.78 is 10.5. The topological polar surface area (TPSA) is 108 Å². The average molecular weight is 363 g/mol. The third kappa shape index (κ3) is 4.25. The lowest BCUT2D eigenvalue weighted by Gasteiger charge is -2.13. The fraction of sp³-hybridized carbons (Fsp3) is 0.150. The molecule has 3 aromatic rings. The molecular weight excluding hydrogens is 346 g/mol. The van der Waals surface area contributed by atoms with Crippen molar-refractivity contribution in [2.24, 2.45) is 0 Å². The Labute approximate surface area is 155 Å². The summed E-state index contributed by atoms with van der Waals surface area (Å²) in [5.74, 6) is -0.313. The Morgan fingerprint density at radius 1 is 1.22 bits per heavy atom. The Morgan fingerprint density at radius 3 is 2.63 bits per heavy atom. The van der Waals surface area contributed by atoms with E-state index in [1.165, 1.54) is 0 Å². The van der Waals surface area contributed by atoms with E-state index in [2.05, 4.69) is 9.97 Å². The van der Waals surface area contributed by atoms with Crippen molar-refractivity contribution in [1.29, 1.82) is 5.26 Å². The molecule has 0 aliphatic rings. The first-order valence-electron chi connectivity index (χ1n) is 8.24. The van der Waals surface area contributed by atoms with Crippen molar-refractivity contribution < 1.29 is 19.4 Å². The number of nitrogens with one attached hydrogen (secondary N) is 1. The highest BCUT2D eigenvalue weighted by Crippen LogP contribution is 2.19. The average Bonchev–Trinajstić information content (AvgIpc) is 3.11. The number of aromatic amines is 1. The number of ether oxygens (including phenoxy) is 2. The van der Waals surface area contributed by atoms with Gasteiger partial charge in [0.1, 0.15) is 24.0 Å². The van der Waals surface area contributed by atoms with Crippen LogP contribution in [0.3, 0.4) is 0 Å². The zero-order valence-electron chi connectivity index (χ0n) is 14.5. The van der Waals surface area contributed by atoms with E-state index in [4.69, 9.17) is 9.47 Å². The van der Waals surface area contributed by atoms with Gasteiger partial charge >= 0.3 is 5.97 Å². The number of fused-ring (bicyclic) bond motifs is 1. The molecule has 7 heteroatoms. The number of benzene rings is 2. The normalized spacial score (nSPS) is 12.7. The second-order valence-corrected chi connectivity index (χ2v) is 5.72. The predicted molar refractivity (Wildman–Crippen MR) is 98.7 cm³/mol. The molecule has 0 aliphatic carbocycles. The van der Waals surface area contributed by atoms with Gasteiger partial charge < -0.3 is 19.6 Å². The molecule has 0 spiro atoms. The zero-order valence-corrected chi connectivity index (χ0v) is 14.5. The number of H-pyrrole nitrogens is 1. The number of rotatable bonds is 6. The van der Waals surface area contributed by atoms with Crippen LogP contribution in [0.4, 0.5) is 0 Å². The number of allylic oxidation sites excluding steroid dienone is 1. The largest absolute Gasteiger partial charge is 0.507 e. The molecule has 0 saturated carbocycles. The summed E-state index contributed by atoms with van der Waals surface area (Å²) in [5, 5.41) is 19.5. The summed E-state index contributed by atoms with van der Waals surface area (Å²) >= 11 is 0. The number of carbonyl (C=O) groups excluding carboxylic acids is 1. The highest BCUT2D eigenvalue weighted by molar-refractivity contribution is 5.83. The molecule has 0 amide bonds. The van der Waals surface area contributed by atoms with Crippen molar-refractivity contribution in [1.82, 2.24) is 9.97 Å². The van der Waals surface area contributed by atoms with Crippen molar-refractivity contribution in [2.45, 2.75) is 13.0 Å². The minimum Gasteiger partial charge on any atom is -0.507 e. The standard InChI is InChI=1S/C20H17N3O4/c1-13(27-14-7-3-2-4-8-14)20(25)26-12-18(24)15(11-21)19-22-16-9-5-6-10-17(16)23-19/h2-10,13,24H,12H2,1H3,(H,22,23)/b18-15-/t13-/m1/s1. The van der Waals surface area contributed by atoms with E-state index in [9.17, 15) is 15.2 Å². The van der Waals surface area contributed by atoms with Crippen molar-refractivity contribution in [3.63, 3.8) is 0 Å². The SMILES string of the molecule is C[C@@H](Oc1ccccc1)C(=O)OC/C(O)=C(\C#N)c1nc2ccccc2[nH]1. The van der Waals surface area contributed by atoms with Crippen molar-refractivity contribution in [3.8, 4) is 11.8 Å². The van der Waals surface area contributed by atoms with Crippen molar-refractivity contribution in [2.75, 3.05) is 6.61 Å². The second-order valence-electron chi connectivity index (χ2n) is 5.72. The van der Waals surface area contributed by atoms with Crippen LogP contribution in [0.15, 0.2) is 60.4 Å².